The number of anilines is 2. The molecule has 0 saturated heterocycles. The Balaban J connectivity index is 1.60. The van der Waals surface area contributed by atoms with Crippen LogP contribution in [0.4, 0.5) is 11.4 Å². The molecule has 0 spiro atoms. The Kier molecular flexibility index (Phi) is 13.5. The Morgan fingerprint density at radius 2 is 1.62 bits per heavy atom. The molecule has 8 nitrogen and oxygen atoms in total. The number of para-hydroxylation sites is 1. The first kappa shape index (κ1) is 36.2. The van der Waals surface area contributed by atoms with Gasteiger partial charge in [0.05, 0.1) is 10.6 Å². The van der Waals surface area contributed by atoms with E-state index in [-0.39, 0.29) is 12.0 Å². The summed E-state index contributed by atoms with van der Waals surface area (Å²) in [4.78, 5) is 42.2. The van der Waals surface area contributed by atoms with Crippen LogP contribution in [0.3, 0.4) is 0 Å². The number of fused-ring (bicyclic) bond motifs is 1. The number of hydrogen-bond acceptors (Lipinski definition) is 7. The van der Waals surface area contributed by atoms with E-state index in [1.807, 2.05) is 24.1 Å². The quantitative estimate of drug-likeness (QED) is 0.132. The van der Waals surface area contributed by atoms with Gasteiger partial charge in [0.15, 0.2) is 6.61 Å². The summed E-state index contributed by atoms with van der Waals surface area (Å²) in [6.45, 7) is 6.54. The molecule has 0 fully saturated rings. The lowest BCUT2D eigenvalue weighted by molar-refractivity contribution is -0.141. The SMILES string of the molecule is CCCCC1(CCCC)CSc2cc(OCC(=O)NC(C(=O)N[C@@H](C)C(=O)O)c3ccccc3)c(SC)cc2N(c2ccccc2)C1. The first-order chi connectivity index (χ1) is 22.7. The van der Waals surface area contributed by atoms with Gasteiger partial charge in [0.25, 0.3) is 5.91 Å². The summed E-state index contributed by atoms with van der Waals surface area (Å²) >= 11 is 3.44. The topological polar surface area (TPSA) is 108 Å². The van der Waals surface area contributed by atoms with Gasteiger partial charge in [0, 0.05) is 22.9 Å². The number of carbonyl (C=O) groups is 3. The van der Waals surface area contributed by atoms with E-state index in [0.29, 0.717) is 11.3 Å². The lowest BCUT2D eigenvalue weighted by Crippen LogP contribution is -2.46. The van der Waals surface area contributed by atoms with Crippen molar-refractivity contribution < 1.29 is 24.2 Å². The summed E-state index contributed by atoms with van der Waals surface area (Å²) in [6.07, 6.45) is 9.07. The minimum atomic E-state index is -1.16. The van der Waals surface area contributed by atoms with Gasteiger partial charge in [-0.25, -0.2) is 0 Å². The summed E-state index contributed by atoms with van der Waals surface area (Å²) in [5.74, 6) is -0.645. The van der Waals surface area contributed by atoms with Crippen LogP contribution in [0, 0.1) is 5.41 Å². The fourth-order valence-electron chi connectivity index (χ4n) is 5.85. The molecule has 3 aromatic rings. The van der Waals surface area contributed by atoms with Crippen molar-refractivity contribution in [3.8, 4) is 5.75 Å². The van der Waals surface area contributed by atoms with E-state index in [2.05, 4.69) is 65.8 Å². The highest BCUT2D eigenvalue weighted by Gasteiger charge is 2.36. The summed E-state index contributed by atoms with van der Waals surface area (Å²) in [6, 6.07) is 21.4. The van der Waals surface area contributed by atoms with Gasteiger partial charge >= 0.3 is 5.97 Å². The standard InChI is InChI=1S/C37H47N3O5S2/c1-5-7-19-37(20-8-6-2)24-40(28-17-13-10-14-18-28)29-21-32(46-4)30(22-31(29)47-25-37)45-23-33(41)39-34(27-15-11-9-12-16-27)35(42)38-26(3)36(43)44/h9-18,21-22,26,34H,5-8,19-20,23-25H2,1-4H3,(H,38,42)(H,39,41)(H,43,44)/t26-,34?/m0/s1. The summed E-state index contributed by atoms with van der Waals surface area (Å²) in [5, 5.41) is 14.5. The molecule has 0 aromatic heterocycles. The number of carbonyl (C=O) groups excluding carboxylic acids is 2. The van der Waals surface area contributed by atoms with Crippen LogP contribution in [0.2, 0.25) is 0 Å². The number of thioether (sulfide) groups is 2. The zero-order valence-corrected chi connectivity index (χ0v) is 29.4. The minimum Gasteiger partial charge on any atom is -0.483 e. The Hall–Kier alpha value is -3.63. The number of unbranched alkanes of at least 4 members (excludes halogenated alkanes) is 2. The molecular weight excluding hydrogens is 631 g/mol. The highest BCUT2D eigenvalue weighted by atomic mass is 32.2. The van der Waals surface area contributed by atoms with Crippen LogP contribution in [0.15, 0.2) is 82.6 Å². The van der Waals surface area contributed by atoms with Gasteiger partial charge in [0.2, 0.25) is 5.91 Å². The number of aliphatic carboxylic acids is 1. The average Bonchev–Trinajstić information content (AvgIpc) is 3.25. The molecule has 2 amide bonds. The Labute approximate surface area is 287 Å². The molecule has 252 valence electrons. The van der Waals surface area contributed by atoms with E-state index in [9.17, 15) is 19.5 Å². The second kappa shape index (κ2) is 17.5. The van der Waals surface area contributed by atoms with Gasteiger partial charge in [0.1, 0.15) is 17.8 Å². The molecule has 0 bridgehead atoms. The van der Waals surface area contributed by atoms with Crippen LogP contribution in [0.1, 0.15) is 70.9 Å². The van der Waals surface area contributed by atoms with E-state index in [0.717, 1.165) is 33.5 Å². The number of amides is 2. The van der Waals surface area contributed by atoms with E-state index in [1.165, 1.54) is 45.4 Å². The summed E-state index contributed by atoms with van der Waals surface area (Å²) in [7, 11) is 0. The lowest BCUT2D eigenvalue weighted by atomic mass is 9.79. The second-order valence-corrected chi connectivity index (χ2v) is 14.0. The Bertz CT molecular complexity index is 1480. The molecule has 0 radical (unpaired) electrons. The monoisotopic (exact) mass is 677 g/mol. The molecule has 4 rings (SSSR count). The molecule has 1 aliphatic heterocycles. The first-order valence-corrected chi connectivity index (χ1v) is 18.6. The smallest absolute Gasteiger partial charge is 0.325 e. The molecule has 2 atom stereocenters. The van der Waals surface area contributed by atoms with E-state index in [1.54, 1.807) is 42.1 Å². The molecule has 10 heteroatoms. The normalized spacial score (nSPS) is 15.1. The number of nitrogens with zero attached hydrogens (tertiary/aromatic N) is 1. The molecule has 0 saturated carbocycles. The van der Waals surface area contributed by atoms with E-state index < -0.39 is 29.9 Å². The van der Waals surface area contributed by atoms with Crippen molar-refractivity contribution in [2.45, 2.75) is 81.2 Å². The van der Waals surface area contributed by atoms with Crippen molar-refractivity contribution in [1.82, 2.24) is 10.6 Å². The number of benzene rings is 3. The van der Waals surface area contributed by atoms with Gasteiger partial charge in [-0.05, 0) is 61.3 Å². The number of nitrogens with one attached hydrogen (secondary N) is 2. The van der Waals surface area contributed by atoms with Crippen molar-refractivity contribution in [2.24, 2.45) is 5.41 Å². The van der Waals surface area contributed by atoms with Crippen LogP contribution < -0.4 is 20.3 Å². The van der Waals surface area contributed by atoms with Crippen molar-refractivity contribution in [2.75, 3.05) is 30.1 Å². The highest BCUT2D eigenvalue weighted by molar-refractivity contribution is 7.99. The second-order valence-electron chi connectivity index (χ2n) is 12.2. The van der Waals surface area contributed by atoms with Gasteiger partial charge in [-0.15, -0.1) is 23.5 Å². The molecule has 1 unspecified atom stereocenters. The van der Waals surface area contributed by atoms with Crippen LogP contribution >= 0.6 is 23.5 Å². The molecule has 47 heavy (non-hydrogen) atoms. The Morgan fingerprint density at radius 3 is 2.21 bits per heavy atom. The van der Waals surface area contributed by atoms with Crippen LogP contribution in [-0.2, 0) is 14.4 Å². The lowest BCUT2D eigenvalue weighted by Gasteiger charge is -2.37. The summed E-state index contributed by atoms with van der Waals surface area (Å²) < 4.78 is 6.16. The van der Waals surface area contributed by atoms with Crippen molar-refractivity contribution in [1.29, 1.82) is 0 Å². The molecule has 1 aliphatic rings. The molecular formula is C37H47N3O5S2. The van der Waals surface area contributed by atoms with Crippen LogP contribution in [-0.4, -0.2) is 54.1 Å². The van der Waals surface area contributed by atoms with E-state index >= 15 is 0 Å². The third-order valence-electron chi connectivity index (χ3n) is 8.54. The zero-order valence-electron chi connectivity index (χ0n) is 27.8. The first-order valence-electron chi connectivity index (χ1n) is 16.4. The predicted octanol–water partition coefficient (Wildman–Crippen LogP) is 7.84. The van der Waals surface area contributed by atoms with Gasteiger partial charge in [-0.1, -0.05) is 88.1 Å². The van der Waals surface area contributed by atoms with Crippen molar-refractivity contribution in [3.05, 3.63) is 78.4 Å². The number of ether oxygens (including phenoxy) is 1. The molecule has 3 N–H and O–H groups in total. The van der Waals surface area contributed by atoms with Crippen LogP contribution in [0.5, 0.6) is 5.75 Å². The molecule has 3 aromatic carbocycles. The average molecular weight is 678 g/mol. The van der Waals surface area contributed by atoms with E-state index in [4.69, 9.17) is 4.74 Å². The van der Waals surface area contributed by atoms with Crippen molar-refractivity contribution in [3.63, 3.8) is 0 Å². The fourth-order valence-corrected chi connectivity index (χ4v) is 7.74. The van der Waals surface area contributed by atoms with Gasteiger partial charge in [-0.2, -0.15) is 0 Å². The third-order valence-corrected chi connectivity index (χ3v) is 10.7. The van der Waals surface area contributed by atoms with Crippen LogP contribution in [0.25, 0.3) is 0 Å². The maximum atomic E-state index is 13.2. The zero-order chi connectivity index (χ0) is 33.8. The van der Waals surface area contributed by atoms with Crippen molar-refractivity contribution >= 4 is 52.7 Å². The molecule has 1 heterocycles. The Morgan fingerprint density at radius 1 is 0.979 bits per heavy atom. The largest absolute Gasteiger partial charge is 0.483 e. The minimum absolute atomic E-state index is 0.164. The maximum absolute atomic E-state index is 13.2. The number of rotatable bonds is 16. The van der Waals surface area contributed by atoms with Gasteiger partial charge < -0.3 is 25.4 Å². The molecule has 0 aliphatic carbocycles. The maximum Gasteiger partial charge on any atom is 0.325 e. The predicted molar refractivity (Wildman–Crippen MR) is 192 cm³/mol. The highest BCUT2D eigenvalue weighted by Crippen LogP contribution is 2.50. The van der Waals surface area contributed by atoms with Gasteiger partial charge in [-0.3, -0.25) is 14.4 Å². The number of carboxylic acid groups (broad SMARTS) is 1. The number of carboxylic acids is 1. The third kappa shape index (κ3) is 9.70. The number of hydrogen-bond donors (Lipinski definition) is 3. The summed E-state index contributed by atoms with van der Waals surface area (Å²) in [5.41, 5.74) is 3.01. The fraction of sp³-hybridized carbons (Fsp3) is 0.432.